The quantitative estimate of drug-likeness (QED) is 0.780. The number of anilines is 1. The van der Waals surface area contributed by atoms with Gasteiger partial charge in [-0.3, -0.25) is 0 Å². The molecule has 0 bridgehead atoms. The molecule has 0 atom stereocenters. The van der Waals surface area contributed by atoms with Crippen LogP contribution in [0.5, 0.6) is 0 Å². The Morgan fingerprint density at radius 2 is 1.88 bits per heavy atom. The third kappa shape index (κ3) is 2.64. The molecular formula is C12H18IN3. The number of nitrogens with zero attached hydrogens (tertiary/aromatic N) is 3. The number of hydrogen-bond acceptors (Lipinski definition) is 3. The lowest BCUT2D eigenvalue weighted by Crippen LogP contribution is -2.39. The fraction of sp³-hybridized carbons (Fsp3) is 0.667. The van der Waals surface area contributed by atoms with Crippen LogP contribution in [0.4, 0.5) is 5.95 Å². The van der Waals surface area contributed by atoms with Gasteiger partial charge >= 0.3 is 0 Å². The van der Waals surface area contributed by atoms with E-state index in [1.165, 1.54) is 19.3 Å². The number of hydrogen-bond donors (Lipinski definition) is 0. The molecule has 0 aliphatic carbocycles. The Balaban J connectivity index is 2.01. The van der Waals surface area contributed by atoms with Crippen molar-refractivity contribution in [1.29, 1.82) is 0 Å². The molecule has 1 saturated heterocycles. The first kappa shape index (κ1) is 12.1. The van der Waals surface area contributed by atoms with E-state index < -0.39 is 0 Å². The van der Waals surface area contributed by atoms with Gasteiger partial charge in [0.15, 0.2) is 0 Å². The Morgan fingerprint density at radius 3 is 2.38 bits per heavy atom. The van der Waals surface area contributed by atoms with Crippen LogP contribution in [-0.2, 0) is 0 Å². The van der Waals surface area contributed by atoms with Crippen molar-refractivity contribution in [3.63, 3.8) is 0 Å². The highest BCUT2D eigenvalue weighted by molar-refractivity contribution is 14.1. The Labute approximate surface area is 111 Å². The summed E-state index contributed by atoms with van der Waals surface area (Å²) in [6.07, 6.45) is 7.54. The maximum atomic E-state index is 4.38. The third-order valence-electron chi connectivity index (χ3n) is 3.71. The molecule has 1 aromatic heterocycles. The normalized spacial score (nSPS) is 19.8. The van der Waals surface area contributed by atoms with Crippen molar-refractivity contribution in [3.05, 3.63) is 16.0 Å². The van der Waals surface area contributed by atoms with Crippen molar-refractivity contribution in [2.75, 3.05) is 18.0 Å². The van der Waals surface area contributed by atoms with Crippen LogP contribution in [0.3, 0.4) is 0 Å². The molecular weight excluding hydrogens is 313 g/mol. The summed E-state index contributed by atoms with van der Waals surface area (Å²) in [7, 11) is 0. The van der Waals surface area contributed by atoms with E-state index in [4.69, 9.17) is 0 Å². The van der Waals surface area contributed by atoms with Crippen LogP contribution in [-0.4, -0.2) is 23.1 Å². The first-order valence-electron chi connectivity index (χ1n) is 5.85. The minimum Gasteiger partial charge on any atom is -0.341 e. The van der Waals surface area contributed by atoms with Crippen LogP contribution in [0.15, 0.2) is 12.4 Å². The van der Waals surface area contributed by atoms with Gasteiger partial charge in [-0.15, -0.1) is 0 Å². The number of rotatable bonds is 2. The van der Waals surface area contributed by atoms with Crippen LogP contribution >= 0.6 is 22.6 Å². The zero-order valence-electron chi connectivity index (χ0n) is 9.91. The molecule has 0 spiro atoms. The summed E-state index contributed by atoms with van der Waals surface area (Å²) in [6.45, 7) is 6.85. The average Bonchev–Trinajstić information content (AvgIpc) is 2.32. The topological polar surface area (TPSA) is 29.0 Å². The van der Waals surface area contributed by atoms with Crippen molar-refractivity contribution in [1.82, 2.24) is 9.97 Å². The second kappa shape index (κ2) is 4.85. The molecule has 2 rings (SSSR count). The van der Waals surface area contributed by atoms with Crippen molar-refractivity contribution >= 4 is 28.5 Å². The number of piperidine rings is 1. The molecule has 88 valence electrons. The minimum atomic E-state index is 0.527. The van der Waals surface area contributed by atoms with Gasteiger partial charge in [0.2, 0.25) is 5.95 Å². The lowest BCUT2D eigenvalue weighted by molar-refractivity contribution is 0.237. The van der Waals surface area contributed by atoms with E-state index in [-0.39, 0.29) is 0 Å². The van der Waals surface area contributed by atoms with Gasteiger partial charge in [-0.05, 0) is 40.8 Å². The van der Waals surface area contributed by atoms with Gasteiger partial charge in [0.1, 0.15) is 0 Å². The zero-order chi connectivity index (χ0) is 11.6. The Morgan fingerprint density at radius 1 is 1.31 bits per heavy atom. The number of halogens is 1. The highest BCUT2D eigenvalue weighted by atomic mass is 127. The van der Waals surface area contributed by atoms with Gasteiger partial charge in [0, 0.05) is 29.1 Å². The Bertz CT molecular complexity index is 342. The molecule has 1 aliphatic rings. The smallest absolute Gasteiger partial charge is 0.225 e. The van der Waals surface area contributed by atoms with Crippen LogP contribution in [0.25, 0.3) is 0 Å². The molecule has 0 aromatic carbocycles. The van der Waals surface area contributed by atoms with Gasteiger partial charge in [0.05, 0.1) is 0 Å². The molecule has 2 heterocycles. The summed E-state index contributed by atoms with van der Waals surface area (Å²) >= 11 is 2.24. The molecule has 1 fully saturated rings. The maximum Gasteiger partial charge on any atom is 0.225 e. The summed E-state index contributed by atoms with van der Waals surface area (Å²) in [4.78, 5) is 11.1. The van der Waals surface area contributed by atoms with Gasteiger partial charge in [-0.2, -0.15) is 0 Å². The average molecular weight is 331 g/mol. The zero-order valence-corrected chi connectivity index (χ0v) is 12.1. The molecule has 4 heteroatoms. The summed E-state index contributed by atoms with van der Waals surface area (Å²) in [5.74, 6) is 0.888. The fourth-order valence-electron chi connectivity index (χ4n) is 2.07. The monoisotopic (exact) mass is 331 g/mol. The van der Waals surface area contributed by atoms with Crippen molar-refractivity contribution < 1.29 is 0 Å². The van der Waals surface area contributed by atoms with Crippen LogP contribution in [0, 0.1) is 8.99 Å². The van der Waals surface area contributed by atoms with Crippen molar-refractivity contribution in [2.24, 2.45) is 5.41 Å². The van der Waals surface area contributed by atoms with E-state index in [0.29, 0.717) is 5.41 Å². The van der Waals surface area contributed by atoms with Crippen molar-refractivity contribution in [2.45, 2.75) is 33.1 Å². The Hall–Kier alpha value is -0.390. The number of aromatic nitrogens is 2. The molecule has 0 unspecified atom stereocenters. The standard InChI is InChI=1S/C12H18IN3/c1-3-12(2)4-6-16(7-5-12)11-14-8-10(13)9-15-11/h8-9H,3-7H2,1-2H3. The fourth-order valence-corrected chi connectivity index (χ4v) is 2.35. The first-order chi connectivity index (χ1) is 7.63. The van der Waals surface area contributed by atoms with Crippen LogP contribution in [0.1, 0.15) is 33.1 Å². The molecule has 3 nitrogen and oxygen atoms in total. The molecule has 0 radical (unpaired) electrons. The minimum absolute atomic E-state index is 0.527. The van der Waals surface area contributed by atoms with Gasteiger partial charge < -0.3 is 4.90 Å². The van der Waals surface area contributed by atoms with Crippen molar-refractivity contribution in [3.8, 4) is 0 Å². The second-order valence-electron chi connectivity index (χ2n) is 4.85. The van der Waals surface area contributed by atoms with E-state index >= 15 is 0 Å². The van der Waals surface area contributed by atoms with E-state index in [2.05, 4.69) is 51.3 Å². The van der Waals surface area contributed by atoms with Crippen LogP contribution in [0.2, 0.25) is 0 Å². The van der Waals surface area contributed by atoms with E-state index in [1.54, 1.807) is 0 Å². The van der Waals surface area contributed by atoms with Gasteiger partial charge in [0.25, 0.3) is 0 Å². The summed E-state index contributed by atoms with van der Waals surface area (Å²) in [5, 5.41) is 0. The highest BCUT2D eigenvalue weighted by Crippen LogP contribution is 2.34. The maximum absolute atomic E-state index is 4.38. The third-order valence-corrected chi connectivity index (χ3v) is 4.27. The second-order valence-corrected chi connectivity index (χ2v) is 6.10. The van der Waals surface area contributed by atoms with E-state index in [9.17, 15) is 0 Å². The Kier molecular flexibility index (Phi) is 3.66. The van der Waals surface area contributed by atoms with E-state index in [0.717, 1.165) is 22.6 Å². The predicted molar refractivity (Wildman–Crippen MR) is 74.6 cm³/mol. The highest BCUT2D eigenvalue weighted by Gasteiger charge is 2.28. The molecule has 1 aromatic rings. The predicted octanol–water partition coefficient (Wildman–Crippen LogP) is 3.10. The molecule has 0 saturated carbocycles. The molecule has 0 amide bonds. The summed E-state index contributed by atoms with van der Waals surface area (Å²) in [6, 6.07) is 0. The van der Waals surface area contributed by atoms with Gasteiger partial charge in [-0.25, -0.2) is 9.97 Å². The SMILES string of the molecule is CCC1(C)CCN(c2ncc(I)cn2)CC1. The lowest BCUT2D eigenvalue weighted by Gasteiger charge is -2.38. The van der Waals surface area contributed by atoms with Crippen LogP contribution < -0.4 is 4.90 Å². The molecule has 16 heavy (non-hydrogen) atoms. The summed E-state index contributed by atoms with van der Waals surface area (Å²) in [5.41, 5.74) is 0.527. The lowest BCUT2D eigenvalue weighted by atomic mass is 9.78. The summed E-state index contributed by atoms with van der Waals surface area (Å²) < 4.78 is 1.09. The van der Waals surface area contributed by atoms with E-state index in [1.807, 2.05) is 12.4 Å². The van der Waals surface area contributed by atoms with Gasteiger partial charge in [-0.1, -0.05) is 20.3 Å². The largest absolute Gasteiger partial charge is 0.341 e. The first-order valence-corrected chi connectivity index (χ1v) is 6.93. The molecule has 0 N–H and O–H groups in total. The molecule has 1 aliphatic heterocycles.